The Morgan fingerprint density at radius 3 is 2.94 bits per heavy atom. The van der Waals surface area contributed by atoms with Gasteiger partial charge in [-0.15, -0.1) is 0 Å². The Kier molecular flexibility index (Phi) is 2.93. The fourth-order valence-electron chi connectivity index (χ4n) is 2.86. The highest BCUT2D eigenvalue weighted by Gasteiger charge is 2.44. The first-order chi connectivity index (χ1) is 8.28. The lowest BCUT2D eigenvalue weighted by Crippen LogP contribution is -2.37. The quantitative estimate of drug-likeness (QED) is 0.826. The van der Waals surface area contributed by atoms with Gasteiger partial charge >= 0.3 is 0 Å². The summed E-state index contributed by atoms with van der Waals surface area (Å²) in [6, 6.07) is 9.74. The molecular formula is C15H22N2. The summed E-state index contributed by atoms with van der Waals surface area (Å²) >= 11 is 0. The lowest BCUT2D eigenvalue weighted by atomic mass is 9.94. The van der Waals surface area contributed by atoms with Crippen molar-refractivity contribution in [2.24, 2.45) is 0 Å². The van der Waals surface area contributed by atoms with E-state index in [0.29, 0.717) is 11.5 Å². The number of hydrogen-bond donors (Lipinski definition) is 2. The number of benzene rings is 1. The zero-order valence-electron chi connectivity index (χ0n) is 10.6. The molecule has 92 valence electrons. The van der Waals surface area contributed by atoms with E-state index in [4.69, 9.17) is 0 Å². The summed E-state index contributed by atoms with van der Waals surface area (Å²) in [5.41, 5.74) is 3.38. The normalized spacial score (nSPS) is 26.1. The third-order valence-electron chi connectivity index (χ3n) is 4.27. The molecule has 0 radical (unpaired) electrons. The van der Waals surface area contributed by atoms with Crippen LogP contribution in [0.3, 0.4) is 0 Å². The topological polar surface area (TPSA) is 24.1 Å². The van der Waals surface area contributed by atoms with Crippen molar-refractivity contribution < 1.29 is 0 Å². The Balaban J connectivity index is 1.65. The van der Waals surface area contributed by atoms with Crippen molar-refractivity contribution in [1.82, 2.24) is 10.6 Å². The molecule has 1 unspecified atom stereocenters. The molecule has 2 nitrogen and oxygen atoms in total. The van der Waals surface area contributed by atoms with E-state index in [1.54, 1.807) is 0 Å². The van der Waals surface area contributed by atoms with Gasteiger partial charge in [-0.2, -0.15) is 0 Å². The van der Waals surface area contributed by atoms with Gasteiger partial charge in [0, 0.05) is 24.5 Å². The maximum atomic E-state index is 3.74. The van der Waals surface area contributed by atoms with Gasteiger partial charge in [-0.3, -0.25) is 0 Å². The zero-order chi connectivity index (χ0) is 11.7. The highest BCUT2D eigenvalue weighted by atomic mass is 15.0. The Morgan fingerprint density at radius 1 is 1.41 bits per heavy atom. The van der Waals surface area contributed by atoms with Crippen LogP contribution in [0.1, 0.15) is 30.4 Å². The molecule has 2 N–H and O–H groups in total. The standard InChI is InChI=1S/C15H22N2/c1-12-3-2-4-13(9-12)15(6-7-15)11-17-14-5-8-16-10-14/h2-4,9,14,16-17H,5-8,10-11H2,1H3. The van der Waals surface area contributed by atoms with Crippen molar-refractivity contribution in [2.45, 2.75) is 37.6 Å². The van der Waals surface area contributed by atoms with Crippen LogP contribution in [0.4, 0.5) is 0 Å². The van der Waals surface area contributed by atoms with Crippen LogP contribution < -0.4 is 10.6 Å². The zero-order valence-corrected chi connectivity index (χ0v) is 10.6. The van der Waals surface area contributed by atoms with Crippen molar-refractivity contribution >= 4 is 0 Å². The largest absolute Gasteiger partial charge is 0.315 e. The maximum Gasteiger partial charge on any atom is 0.0204 e. The van der Waals surface area contributed by atoms with Crippen LogP contribution in [0.15, 0.2) is 24.3 Å². The average Bonchev–Trinajstić information content (AvgIpc) is 2.95. The van der Waals surface area contributed by atoms with Crippen molar-refractivity contribution in [3.8, 4) is 0 Å². The van der Waals surface area contributed by atoms with E-state index in [1.165, 1.54) is 36.9 Å². The van der Waals surface area contributed by atoms with Crippen LogP contribution in [-0.2, 0) is 5.41 Å². The lowest BCUT2D eigenvalue weighted by molar-refractivity contribution is 0.495. The first-order valence-electron chi connectivity index (χ1n) is 6.80. The molecule has 2 heteroatoms. The molecule has 0 aromatic heterocycles. The Labute approximate surface area is 104 Å². The molecule has 0 amide bonds. The minimum absolute atomic E-state index is 0.453. The smallest absolute Gasteiger partial charge is 0.0204 e. The molecule has 0 bridgehead atoms. The molecule has 0 spiro atoms. The van der Waals surface area contributed by atoms with Gasteiger partial charge in [-0.05, 0) is 38.3 Å². The maximum absolute atomic E-state index is 3.74. The fourth-order valence-corrected chi connectivity index (χ4v) is 2.86. The third-order valence-corrected chi connectivity index (χ3v) is 4.27. The van der Waals surface area contributed by atoms with Gasteiger partial charge < -0.3 is 10.6 Å². The van der Waals surface area contributed by atoms with Crippen LogP contribution in [0.2, 0.25) is 0 Å². The minimum Gasteiger partial charge on any atom is -0.315 e. The summed E-state index contributed by atoms with van der Waals surface area (Å²) in [6.45, 7) is 5.66. The van der Waals surface area contributed by atoms with Gasteiger partial charge in [0.15, 0.2) is 0 Å². The van der Waals surface area contributed by atoms with Crippen molar-refractivity contribution in [2.75, 3.05) is 19.6 Å². The molecule has 1 saturated heterocycles. The molecule has 1 aliphatic heterocycles. The summed E-state index contributed by atoms with van der Waals surface area (Å²) < 4.78 is 0. The van der Waals surface area contributed by atoms with E-state index in [9.17, 15) is 0 Å². The average molecular weight is 230 g/mol. The minimum atomic E-state index is 0.453. The van der Waals surface area contributed by atoms with E-state index < -0.39 is 0 Å². The molecular weight excluding hydrogens is 208 g/mol. The SMILES string of the molecule is Cc1cccc(C2(CNC3CCNC3)CC2)c1. The Morgan fingerprint density at radius 2 is 2.29 bits per heavy atom. The molecule has 1 saturated carbocycles. The van der Waals surface area contributed by atoms with Crippen LogP contribution in [0.5, 0.6) is 0 Å². The van der Waals surface area contributed by atoms with Crippen molar-refractivity contribution in [1.29, 1.82) is 0 Å². The van der Waals surface area contributed by atoms with Gasteiger partial charge in [-0.1, -0.05) is 29.8 Å². The van der Waals surface area contributed by atoms with Crippen LogP contribution in [0, 0.1) is 6.92 Å². The van der Waals surface area contributed by atoms with E-state index in [-0.39, 0.29) is 0 Å². The summed E-state index contributed by atoms with van der Waals surface area (Å²) in [5, 5.41) is 7.16. The first-order valence-corrected chi connectivity index (χ1v) is 6.80. The Bertz CT molecular complexity index is 390. The molecule has 1 atom stereocenters. The van der Waals surface area contributed by atoms with Gasteiger partial charge in [-0.25, -0.2) is 0 Å². The van der Waals surface area contributed by atoms with Crippen LogP contribution >= 0.6 is 0 Å². The molecule has 3 rings (SSSR count). The molecule has 1 aromatic rings. The summed E-state index contributed by atoms with van der Waals surface area (Å²) in [7, 11) is 0. The summed E-state index contributed by atoms with van der Waals surface area (Å²) in [6.07, 6.45) is 3.98. The molecule has 2 fully saturated rings. The van der Waals surface area contributed by atoms with E-state index in [1.807, 2.05) is 0 Å². The van der Waals surface area contributed by atoms with Gasteiger partial charge in [0.1, 0.15) is 0 Å². The number of nitrogens with one attached hydrogen (secondary N) is 2. The Hall–Kier alpha value is -0.860. The third kappa shape index (κ3) is 2.38. The second-order valence-corrected chi connectivity index (χ2v) is 5.72. The number of rotatable bonds is 4. The highest BCUT2D eigenvalue weighted by Crippen LogP contribution is 2.47. The molecule has 17 heavy (non-hydrogen) atoms. The van der Waals surface area contributed by atoms with Gasteiger partial charge in [0.2, 0.25) is 0 Å². The second-order valence-electron chi connectivity index (χ2n) is 5.72. The second kappa shape index (κ2) is 4.43. The molecule has 2 aliphatic rings. The van der Waals surface area contributed by atoms with Crippen molar-refractivity contribution in [3.63, 3.8) is 0 Å². The predicted octanol–water partition coefficient (Wildman–Crippen LogP) is 1.98. The van der Waals surface area contributed by atoms with E-state index >= 15 is 0 Å². The van der Waals surface area contributed by atoms with E-state index in [2.05, 4.69) is 41.8 Å². The van der Waals surface area contributed by atoms with E-state index in [0.717, 1.165) is 13.1 Å². The number of hydrogen-bond acceptors (Lipinski definition) is 2. The van der Waals surface area contributed by atoms with Gasteiger partial charge in [0.25, 0.3) is 0 Å². The molecule has 1 aliphatic carbocycles. The monoisotopic (exact) mass is 230 g/mol. The van der Waals surface area contributed by atoms with Gasteiger partial charge in [0.05, 0.1) is 0 Å². The van der Waals surface area contributed by atoms with Crippen molar-refractivity contribution in [3.05, 3.63) is 35.4 Å². The summed E-state index contributed by atoms with van der Waals surface area (Å²) in [4.78, 5) is 0. The number of aryl methyl sites for hydroxylation is 1. The fraction of sp³-hybridized carbons (Fsp3) is 0.600. The summed E-state index contributed by atoms with van der Waals surface area (Å²) in [5.74, 6) is 0. The first kappa shape index (κ1) is 11.2. The highest BCUT2D eigenvalue weighted by molar-refractivity contribution is 5.34. The predicted molar refractivity (Wildman–Crippen MR) is 71.4 cm³/mol. The molecule has 1 heterocycles. The van der Waals surface area contributed by atoms with Crippen LogP contribution in [-0.4, -0.2) is 25.7 Å². The molecule has 1 aromatic carbocycles. The van der Waals surface area contributed by atoms with Crippen LogP contribution in [0.25, 0.3) is 0 Å². The lowest BCUT2D eigenvalue weighted by Gasteiger charge is -2.20.